The lowest BCUT2D eigenvalue weighted by atomic mass is 10.0. The van der Waals surface area contributed by atoms with E-state index in [2.05, 4.69) is 32.2 Å². The number of carbonyl (C=O) groups is 1. The number of fused-ring (bicyclic) bond motifs is 1. The first-order valence-corrected chi connectivity index (χ1v) is 10.2. The Bertz CT molecular complexity index is 1010. The minimum atomic E-state index is -0.286. The summed E-state index contributed by atoms with van der Waals surface area (Å²) in [6, 6.07) is -0.286. The fourth-order valence-electron chi connectivity index (χ4n) is 3.80. The molecule has 0 saturated carbocycles. The van der Waals surface area contributed by atoms with Crippen molar-refractivity contribution in [2.24, 2.45) is 0 Å². The molecule has 152 valence electrons. The zero-order valence-electron chi connectivity index (χ0n) is 17.1. The Morgan fingerprint density at radius 3 is 2.69 bits per heavy atom. The molecule has 1 atom stereocenters. The number of hydrogen-bond donors (Lipinski definition) is 1. The smallest absolute Gasteiger partial charge is 0.245 e. The molecule has 1 fully saturated rings. The standard InChI is InChI=1S/C20H26N8O/c1-4-8-27-9-6-7-15(20(27)29)25-17-16-19(24-12-23-17)28(5-2)18(26-16)14-10-21-13(3)22-11-14/h10-12,15H,4-9H2,1-3H3,(H,23,24,25). The van der Waals surface area contributed by atoms with E-state index in [1.807, 2.05) is 23.3 Å². The fourth-order valence-corrected chi connectivity index (χ4v) is 3.80. The first kappa shape index (κ1) is 19.2. The molecule has 1 N–H and O–H groups in total. The number of piperidine rings is 1. The highest BCUT2D eigenvalue weighted by Crippen LogP contribution is 2.27. The van der Waals surface area contributed by atoms with Crippen molar-refractivity contribution < 1.29 is 4.79 Å². The molecule has 9 nitrogen and oxygen atoms in total. The van der Waals surface area contributed by atoms with Gasteiger partial charge in [0.1, 0.15) is 24.0 Å². The molecule has 1 aliphatic heterocycles. The van der Waals surface area contributed by atoms with Gasteiger partial charge in [0, 0.05) is 32.0 Å². The van der Waals surface area contributed by atoms with Gasteiger partial charge in [0.05, 0.1) is 5.56 Å². The van der Waals surface area contributed by atoms with Crippen molar-refractivity contribution in [1.29, 1.82) is 0 Å². The van der Waals surface area contributed by atoms with Crippen LogP contribution in [0.5, 0.6) is 0 Å². The van der Waals surface area contributed by atoms with E-state index in [0.29, 0.717) is 23.7 Å². The predicted octanol–water partition coefficient (Wildman–Crippen LogP) is 2.42. The third-order valence-electron chi connectivity index (χ3n) is 5.22. The highest BCUT2D eigenvalue weighted by molar-refractivity contribution is 5.90. The van der Waals surface area contributed by atoms with Crippen LogP contribution in [0, 0.1) is 6.92 Å². The van der Waals surface area contributed by atoms with E-state index in [9.17, 15) is 4.79 Å². The molecule has 3 aromatic heterocycles. The molecular weight excluding hydrogens is 368 g/mol. The van der Waals surface area contributed by atoms with Crippen LogP contribution in [0.2, 0.25) is 0 Å². The summed E-state index contributed by atoms with van der Waals surface area (Å²) in [6.07, 6.45) is 7.78. The number of rotatable bonds is 6. The van der Waals surface area contributed by atoms with E-state index in [0.717, 1.165) is 49.4 Å². The predicted molar refractivity (Wildman–Crippen MR) is 110 cm³/mol. The lowest BCUT2D eigenvalue weighted by molar-refractivity contribution is -0.134. The van der Waals surface area contributed by atoms with Gasteiger partial charge in [-0.15, -0.1) is 0 Å². The molecule has 1 saturated heterocycles. The summed E-state index contributed by atoms with van der Waals surface area (Å²) in [4.78, 5) is 37.0. The normalized spacial score (nSPS) is 17.1. The average molecular weight is 394 g/mol. The number of hydrogen-bond acceptors (Lipinski definition) is 7. The highest BCUT2D eigenvalue weighted by Gasteiger charge is 2.29. The Morgan fingerprint density at radius 2 is 1.97 bits per heavy atom. The van der Waals surface area contributed by atoms with Gasteiger partial charge in [-0.3, -0.25) is 4.79 Å². The summed E-state index contributed by atoms with van der Waals surface area (Å²) in [5.74, 6) is 2.18. The first-order valence-electron chi connectivity index (χ1n) is 10.2. The number of nitrogens with zero attached hydrogens (tertiary/aromatic N) is 7. The van der Waals surface area contributed by atoms with Crippen LogP contribution < -0.4 is 5.32 Å². The number of aryl methyl sites for hydroxylation is 2. The van der Waals surface area contributed by atoms with E-state index < -0.39 is 0 Å². The van der Waals surface area contributed by atoms with E-state index in [-0.39, 0.29) is 11.9 Å². The maximum Gasteiger partial charge on any atom is 0.245 e. The van der Waals surface area contributed by atoms with E-state index in [1.54, 1.807) is 12.4 Å². The van der Waals surface area contributed by atoms with E-state index in [1.165, 1.54) is 6.33 Å². The van der Waals surface area contributed by atoms with Crippen LogP contribution in [0.25, 0.3) is 22.6 Å². The number of imidazole rings is 1. The molecule has 0 aliphatic carbocycles. The molecule has 29 heavy (non-hydrogen) atoms. The minimum absolute atomic E-state index is 0.131. The first-order chi connectivity index (χ1) is 14.1. The van der Waals surface area contributed by atoms with Crippen molar-refractivity contribution >= 4 is 22.9 Å². The third kappa shape index (κ3) is 3.64. The van der Waals surface area contributed by atoms with Crippen LogP contribution in [0.1, 0.15) is 38.9 Å². The van der Waals surface area contributed by atoms with Crippen molar-refractivity contribution in [3.63, 3.8) is 0 Å². The zero-order chi connectivity index (χ0) is 20.4. The average Bonchev–Trinajstić information content (AvgIpc) is 3.11. The fraction of sp³-hybridized carbons (Fsp3) is 0.500. The summed E-state index contributed by atoms with van der Waals surface area (Å²) in [6.45, 7) is 8.30. The molecule has 3 aromatic rings. The Labute approximate surface area is 169 Å². The number of amides is 1. The summed E-state index contributed by atoms with van der Waals surface area (Å²) < 4.78 is 2.02. The molecule has 4 heterocycles. The SMILES string of the molecule is CCCN1CCCC(Nc2ncnc3c2nc(-c2cnc(C)nc2)n3CC)C1=O. The van der Waals surface area contributed by atoms with E-state index >= 15 is 0 Å². The van der Waals surface area contributed by atoms with Gasteiger partial charge in [0.2, 0.25) is 5.91 Å². The van der Waals surface area contributed by atoms with Gasteiger partial charge in [-0.25, -0.2) is 24.9 Å². The van der Waals surface area contributed by atoms with Gasteiger partial charge in [-0.2, -0.15) is 0 Å². The van der Waals surface area contributed by atoms with Crippen LogP contribution in [0.3, 0.4) is 0 Å². The summed E-state index contributed by atoms with van der Waals surface area (Å²) >= 11 is 0. The van der Waals surface area contributed by atoms with Crippen LogP contribution in [0.4, 0.5) is 5.82 Å². The van der Waals surface area contributed by atoms with Gasteiger partial charge < -0.3 is 14.8 Å². The quantitative estimate of drug-likeness (QED) is 0.685. The lowest BCUT2D eigenvalue weighted by Gasteiger charge is -2.32. The van der Waals surface area contributed by atoms with Crippen LogP contribution in [-0.4, -0.2) is 59.4 Å². The van der Waals surface area contributed by atoms with Crippen LogP contribution >= 0.6 is 0 Å². The molecule has 0 bridgehead atoms. The Morgan fingerprint density at radius 1 is 1.17 bits per heavy atom. The van der Waals surface area contributed by atoms with Gasteiger partial charge >= 0.3 is 0 Å². The maximum absolute atomic E-state index is 12.8. The monoisotopic (exact) mass is 394 g/mol. The number of aromatic nitrogens is 6. The van der Waals surface area contributed by atoms with Crippen LogP contribution in [0.15, 0.2) is 18.7 Å². The Balaban J connectivity index is 1.71. The van der Waals surface area contributed by atoms with Gasteiger partial charge in [0.25, 0.3) is 0 Å². The van der Waals surface area contributed by atoms with Gasteiger partial charge in [-0.05, 0) is 33.1 Å². The second-order valence-corrected chi connectivity index (χ2v) is 7.26. The highest BCUT2D eigenvalue weighted by atomic mass is 16.2. The molecule has 4 rings (SSSR count). The summed E-state index contributed by atoms with van der Waals surface area (Å²) in [5, 5.41) is 3.34. The minimum Gasteiger partial charge on any atom is -0.356 e. The van der Waals surface area contributed by atoms with Gasteiger partial charge in [-0.1, -0.05) is 6.92 Å². The van der Waals surface area contributed by atoms with Crippen molar-refractivity contribution in [1.82, 2.24) is 34.4 Å². The second kappa shape index (κ2) is 8.10. The van der Waals surface area contributed by atoms with Crippen molar-refractivity contribution in [2.75, 3.05) is 18.4 Å². The summed E-state index contributed by atoms with van der Waals surface area (Å²) in [5.41, 5.74) is 2.21. The largest absolute Gasteiger partial charge is 0.356 e. The Kier molecular flexibility index (Phi) is 5.37. The molecular formula is C20H26N8O. The zero-order valence-corrected chi connectivity index (χ0v) is 17.1. The lowest BCUT2D eigenvalue weighted by Crippen LogP contribution is -2.47. The van der Waals surface area contributed by atoms with Crippen LogP contribution in [-0.2, 0) is 11.3 Å². The van der Waals surface area contributed by atoms with E-state index in [4.69, 9.17) is 4.98 Å². The molecule has 1 unspecified atom stereocenters. The maximum atomic E-state index is 12.8. The molecule has 0 radical (unpaired) electrons. The van der Waals surface area contributed by atoms with Crippen molar-refractivity contribution in [3.8, 4) is 11.4 Å². The summed E-state index contributed by atoms with van der Waals surface area (Å²) in [7, 11) is 0. The molecule has 9 heteroatoms. The number of nitrogens with one attached hydrogen (secondary N) is 1. The second-order valence-electron chi connectivity index (χ2n) is 7.26. The number of anilines is 1. The van der Waals surface area contributed by atoms with Crippen molar-refractivity contribution in [2.45, 2.75) is 52.6 Å². The molecule has 1 aliphatic rings. The number of likely N-dealkylation sites (tertiary alicyclic amines) is 1. The molecule has 0 spiro atoms. The Hall–Kier alpha value is -3.10. The topological polar surface area (TPSA) is 102 Å². The molecule has 0 aromatic carbocycles. The van der Waals surface area contributed by atoms with Gasteiger partial charge in [0.15, 0.2) is 17.0 Å². The number of carbonyl (C=O) groups excluding carboxylic acids is 1. The molecule has 1 amide bonds. The third-order valence-corrected chi connectivity index (χ3v) is 5.22. The van der Waals surface area contributed by atoms with Crippen molar-refractivity contribution in [3.05, 3.63) is 24.5 Å².